The molecular weight excluding hydrogens is 242 g/mol. The van der Waals surface area contributed by atoms with Crippen LogP contribution >= 0.6 is 11.8 Å². The highest BCUT2D eigenvalue weighted by Crippen LogP contribution is 2.17. The summed E-state index contributed by atoms with van der Waals surface area (Å²) in [5.41, 5.74) is 1.15. The number of thioether (sulfide) groups is 1. The van der Waals surface area contributed by atoms with Gasteiger partial charge in [0.25, 0.3) is 0 Å². The lowest BCUT2D eigenvalue weighted by Crippen LogP contribution is -2.07. The predicted octanol–water partition coefficient (Wildman–Crippen LogP) is 3.75. The zero-order chi connectivity index (χ0) is 13.5. The molecule has 0 fully saturated rings. The highest BCUT2D eigenvalue weighted by atomic mass is 32.2. The Morgan fingerprint density at radius 2 is 1.94 bits per heavy atom. The number of nitrogens with zero attached hydrogens (tertiary/aromatic N) is 2. The second-order valence-corrected chi connectivity index (χ2v) is 6.71. The Hall–Kier alpha value is -0.770. The Balaban J connectivity index is 2.83. The molecule has 0 saturated heterocycles. The van der Waals surface area contributed by atoms with Crippen molar-refractivity contribution in [2.45, 2.75) is 52.0 Å². The van der Waals surface area contributed by atoms with Crippen molar-refractivity contribution in [1.82, 2.24) is 9.97 Å². The number of hydrogen-bond acceptors (Lipinski definition) is 4. The highest BCUT2D eigenvalue weighted by molar-refractivity contribution is 7.99. The first-order chi connectivity index (χ1) is 8.51. The Bertz CT molecular complexity index is 364. The summed E-state index contributed by atoms with van der Waals surface area (Å²) in [6.45, 7) is 11.8. The Morgan fingerprint density at radius 3 is 2.50 bits per heavy atom. The van der Waals surface area contributed by atoms with E-state index in [1.807, 2.05) is 11.8 Å². The van der Waals surface area contributed by atoms with E-state index >= 15 is 0 Å². The van der Waals surface area contributed by atoms with Crippen LogP contribution in [0, 0.1) is 5.92 Å². The lowest BCUT2D eigenvalue weighted by Gasteiger charge is -2.11. The van der Waals surface area contributed by atoms with Crippen molar-refractivity contribution < 1.29 is 0 Å². The zero-order valence-corrected chi connectivity index (χ0v) is 13.0. The maximum absolute atomic E-state index is 4.66. The summed E-state index contributed by atoms with van der Waals surface area (Å²) in [5, 5.41) is 3.90. The summed E-state index contributed by atoms with van der Waals surface area (Å²) in [4.78, 5) is 9.22. The molecule has 1 rings (SSSR count). The van der Waals surface area contributed by atoms with Crippen molar-refractivity contribution in [3.8, 4) is 0 Å². The van der Waals surface area contributed by atoms with Crippen molar-refractivity contribution in [2.75, 3.05) is 11.9 Å². The van der Waals surface area contributed by atoms with Crippen molar-refractivity contribution in [2.24, 2.45) is 5.92 Å². The van der Waals surface area contributed by atoms with Gasteiger partial charge in [0.2, 0.25) is 0 Å². The summed E-state index contributed by atoms with van der Waals surface area (Å²) >= 11 is 1.89. The molecule has 0 bridgehead atoms. The first kappa shape index (κ1) is 15.3. The summed E-state index contributed by atoms with van der Waals surface area (Å²) in [6, 6.07) is 2.08. The van der Waals surface area contributed by atoms with Gasteiger partial charge in [-0.25, -0.2) is 9.97 Å². The molecule has 0 aromatic carbocycles. The molecule has 0 saturated carbocycles. The van der Waals surface area contributed by atoms with Crippen LogP contribution in [0.1, 0.15) is 46.1 Å². The summed E-state index contributed by atoms with van der Waals surface area (Å²) in [6.07, 6.45) is 1.01. The molecule has 4 heteroatoms. The minimum atomic E-state index is 0.616. The van der Waals surface area contributed by atoms with E-state index in [2.05, 4.69) is 56.0 Å². The first-order valence-corrected chi connectivity index (χ1v) is 7.78. The van der Waals surface area contributed by atoms with E-state index in [1.165, 1.54) is 0 Å². The maximum Gasteiger partial charge on any atom is 0.140 e. The zero-order valence-electron chi connectivity index (χ0n) is 12.2. The van der Waals surface area contributed by atoms with Crippen molar-refractivity contribution in [3.63, 3.8) is 0 Å². The number of aromatic nitrogens is 2. The molecule has 0 amide bonds. The smallest absolute Gasteiger partial charge is 0.140 e. The van der Waals surface area contributed by atoms with Crippen LogP contribution in [0.2, 0.25) is 0 Å². The molecule has 1 N–H and O–H groups in total. The minimum Gasteiger partial charge on any atom is -0.370 e. The second-order valence-electron chi connectivity index (χ2n) is 5.15. The normalized spacial score (nSPS) is 11.3. The molecule has 0 atom stereocenters. The van der Waals surface area contributed by atoms with E-state index in [9.17, 15) is 0 Å². The quantitative estimate of drug-likeness (QED) is 0.816. The van der Waals surface area contributed by atoms with Gasteiger partial charge >= 0.3 is 0 Å². The van der Waals surface area contributed by atoms with Crippen LogP contribution in [0.25, 0.3) is 0 Å². The minimum absolute atomic E-state index is 0.616. The summed E-state index contributed by atoms with van der Waals surface area (Å²) < 4.78 is 0. The van der Waals surface area contributed by atoms with E-state index in [0.29, 0.717) is 11.2 Å². The largest absolute Gasteiger partial charge is 0.370 e. The fourth-order valence-electron chi connectivity index (χ4n) is 1.65. The van der Waals surface area contributed by atoms with E-state index in [4.69, 9.17) is 0 Å². The highest BCUT2D eigenvalue weighted by Gasteiger charge is 2.07. The number of rotatable bonds is 7. The molecule has 102 valence electrons. The van der Waals surface area contributed by atoms with Gasteiger partial charge in [0, 0.05) is 18.3 Å². The van der Waals surface area contributed by atoms with Crippen molar-refractivity contribution >= 4 is 17.6 Å². The van der Waals surface area contributed by atoms with E-state index in [1.54, 1.807) is 0 Å². The first-order valence-electron chi connectivity index (χ1n) is 6.73. The lowest BCUT2D eigenvalue weighted by atomic mass is 10.1. The van der Waals surface area contributed by atoms with Crippen LogP contribution in [0.5, 0.6) is 0 Å². The second kappa shape index (κ2) is 7.62. The Morgan fingerprint density at radius 1 is 1.22 bits per heavy atom. The third-order valence-electron chi connectivity index (χ3n) is 2.35. The predicted molar refractivity (Wildman–Crippen MR) is 81.2 cm³/mol. The van der Waals surface area contributed by atoms with E-state index in [-0.39, 0.29) is 0 Å². The fraction of sp³-hybridized carbons (Fsp3) is 0.714. The SMILES string of the molecule is CCNc1cc(CC(C)C)nc(CSC(C)C)n1. The monoisotopic (exact) mass is 267 g/mol. The van der Waals surface area contributed by atoms with Crippen LogP contribution in [0.4, 0.5) is 5.82 Å². The number of anilines is 1. The molecule has 0 aliphatic heterocycles. The van der Waals surface area contributed by atoms with Crippen LogP contribution in [-0.2, 0) is 12.2 Å². The van der Waals surface area contributed by atoms with Gasteiger partial charge in [0.05, 0.1) is 5.75 Å². The van der Waals surface area contributed by atoms with Gasteiger partial charge < -0.3 is 5.32 Å². The van der Waals surface area contributed by atoms with Crippen LogP contribution < -0.4 is 5.32 Å². The van der Waals surface area contributed by atoms with Gasteiger partial charge in [-0.15, -0.1) is 0 Å². The molecule has 1 aromatic heterocycles. The van der Waals surface area contributed by atoms with Crippen molar-refractivity contribution in [3.05, 3.63) is 17.6 Å². The van der Waals surface area contributed by atoms with Gasteiger partial charge in [0.1, 0.15) is 11.6 Å². The molecule has 0 unspecified atom stereocenters. The maximum atomic E-state index is 4.66. The molecule has 0 aliphatic rings. The number of hydrogen-bond donors (Lipinski definition) is 1. The molecule has 3 nitrogen and oxygen atoms in total. The van der Waals surface area contributed by atoms with Gasteiger partial charge in [-0.05, 0) is 24.5 Å². The van der Waals surface area contributed by atoms with Crippen LogP contribution in [0.3, 0.4) is 0 Å². The van der Waals surface area contributed by atoms with E-state index < -0.39 is 0 Å². The third kappa shape index (κ3) is 5.71. The van der Waals surface area contributed by atoms with Crippen LogP contribution in [0.15, 0.2) is 6.07 Å². The number of nitrogens with one attached hydrogen (secondary N) is 1. The lowest BCUT2D eigenvalue weighted by molar-refractivity contribution is 0.632. The summed E-state index contributed by atoms with van der Waals surface area (Å²) in [5.74, 6) is 3.42. The average Bonchev–Trinajstić information content (AvgIpc) is 2.25. The molecular formula is C14H25N3S. The van der Waals surface area contributed by atoms with Gasteiger partial charge in [0.15, 0.2) is 0 Å². The average molecular weight is 267 g/mol. The van der Waals surface area contributed by atoms with Crippen molar-refractivity contribution in [1.29, 1.82) is 0 Å². The fourth-order valence-corrected chi connectivity index (χ4v) is 2.26. The molecule has 1 heterocycles. The molecule has 0 spiro atoms. The Kier molecular flexibility index (Phi) is 6.47. The molecule has 1 aromatic rings. The third-order valence-corrected chi connectivity index (χ3v) is 3.44. The molecule has 0 radical (unpaired) electrons. The Labute approximate surface area is 115 Å². The van der Waals surface area contributed by atoms with Crippen LogP contribution in [-0.4, -0.2) is 21.8 Å². The summed E-state index contributed by atoms with van der Waals surface area (Å²) in [7, 11) is 0. The van der Waals surface area contributed by atoms with Gasteiger partial charge in [-0.1, -0.05) is 27.7 Å². The standard InChI is InChI=1S/C14H25N3S/c1-6-15-13-8-12(7-10(2)3)16-14(17-13)9-18-11(4)5/h8,10-11H,6-7,9H2,1-5H3,(H,15,16,17). The van der Waals surface area contributed by atoms with Gasteiger partial charge in [-0.3, -0.25) is 0 Å². The molecule has 18 heavy (non-hydrogen) atoms. The van der Waals surface area contributed by atoms with Gasteiger partial charge in [-0.2, -0.15) is 11.8 Å². The molecule has 0 aliphatic carbocycles. The topological polar surface area (TPSA) is 37.8 Å². The van der Waals surface area contributed by atoms with E-state index in [0.717, 1.165) is 36.1 Å².